The van der Waals surface area contributed by atoms with E-state index in [1.807, 2.05) is 28.1 Å². The van der Waals surface area contributed by atoms with Crippen LogP contribution in [0.5, 0.6) is 0 Å². The Bertz CT molecular complexity index is 938. The number of β-lactam (4-membered cyclic amide) rings is 1. The van der Waals surface area contributed by atoms with E-state index in [-0.39, 0.29) is 23.4 Å². The van der Waals surface area contributed by atoms with Gasteiger partial charge in [-0.25, -0.2) is 0 Å². The molecule has 2 aromatic rings. The number of para-hydroxylation sites is 1. The second kappa shape index (κ2) is 7.73. The lowest BCUT2D eigenvalue weighted by Crippen LogP contribution is -2.77. The Morgan fingerprint density at radius 1 is 1.13 bits per heavy atom. The number of aliphatic hydroxyl groups excluding tert-OH is 1. The zero-order valence-corrected chi connectivity index (χ0v) is 17.5. The smallest absolute Gasteiger partial charge is 0.254 e. The molecule has 2 amide bonds. The number of carbonyl (C=O) groups is 2. The zero-order chi connectivity index (χ0) is 20.7. The number of nitrogens with zero attached hydrogens (tertiary/aromatic N) is 2. The molecular formula is C24H31N3O3. The number of H-pyrrole nitrogens is 1. The summed E-state index contributed by atoms with van der Waals surface area (Å²) in [5.74, 6) is 0.0992. The van der Waals surface area contributed by atoms with Gasteiger partial charge in [-0.15, -0.1) is 0 Å². The molecule has 0 bridgehead atoms. The minimum atomic E-state index is -0.811. The van der Waals surface area contributed by atoms with Crippen molar-refractivity contribution in [3.63, 3.8) is 0 Å². The fraction of sp³-hybridized carbons (Fsp3) is 0.583. The van der Waals surface area contributed by atoms with Crippen LogP contribution < -0.4 is 0 Å². The summed E-state index contributed by atoms with van der Waals surface area (Å²) in [5.41, 5.74) is 1.98. The maximum Gasteiger partial charge on any atom is 0.254 e. The standard InChI is InChI=1S/C24H31N3O3/c28-21(9-8-17-16-25-20-7-3-2-6-19(17)20)26-14-10-18(11-15-26)27-23(30)22(29)24(27)12-4-1-5-13-24/h2-3,6-7,16,18,22,25,29H,1,4-5,8-15H2. The van der Waals surface area contributed by atoms with Gasteiger partial charge in [-0.2, -0.15) is 0 Å². The van der Waals surface area contributed by atoms with Gasteiger partial charge in [-0.3, -0.25) is 9.59 Å². The highest BCUT2D eigenvalue weighted by molar-refractivity contribution is 5.90. The number of aromatic nitrogens is 1. The van der Waals surface area contributed by atoms with E-state index in [9.17, 15) is 14.7 Å². The summed E-state index contributed by atoms with van der Waals surface area (Å²) >= 11 is 0. The molecule has 3 aliphatic rings. The lowest BCUT2D eigenvalue weighted by Gasteiger charge is -2.61. The normalized spacial score (nSPS) is 24.4. The number of amides is 2. The molecule has 3 heterocycles. The molecule has 1 aromatic heterocycles. The van der Waals surface area contributed by atoms with Gasteiger partial charge in [0, 0.05) is 42.7 Å². The van der Waals surface area contributed by atoms with Crippen molar-refractivity contribution in [2.45, 2.75) is 75.5 Å². The molecule has 0 radical (unpaired) electrons. The maximum atomic E-state index is 12.8. The van der Waals surface area contributed by atoms with Gasteiger partial charge in [-0.1, -0.05) is 37.5 Å². The number of hydrogen-bond donors (Lipinski definition) is 2. The molecule has 5 rings (SSSR count). The molecule has 1 aromatic carbocycles. The number of piperidine rings is 1. The summed E-state index contributed by atoms with van der Waals surface area (Å²) in [7, 11) is 0. The molecule has 2 saturated heterocycles. The number of aromatic amines is 1. The van der Waals surface area contributed by atoms with E-state index in [2.05, 4.69) is 17.1 Å². The lowest BCUT2D eigenvalue weighted by atomic mass is 9.68. The van der Waals surface area contributed by atoms with Crippen LogP contribution in [0.3, 0.4) is 0 Å². The number of aliphatic hydroxyl groups is 1. The number of benzene rings is 1. The maximum absolute atomic E-state index is 12.8. The van der Waals surface area contributed by atoms with E-state index in [1.54, 1.807) is 0 Å². The number of carbonyl (C=O) groups excluding carboxylic acids is 2. The van der Waals surface area contributed by atoms with Crippen LogP contribution >= 0.6 is 0 Å². The van der Waals surface area contributed by atoms with Crippen LogP contribution in [-0.4, -0.2) is 62.5 Å². The first-order valence-corrected chi connectivity index (χ1v) is 11.4. The Hall–Kier alpha value is -2.34. The quantitative estimate of drug-likeness (QED) is 0.762. The fourth-order valence-electron chi connectivity index (χ4n) is 5.98. The number of nitrogens with one attached hydrogen (secondary N) is 1. The van der Waals surface area contributed by atoms with Crippen molar-refractivity contribution in [3.05, 3.63) is 36.0 Å². The van der Waals surface area contributed by atoms with Gasteiger partial charge in [0.1, 0.15) is 0 Å². The topological polar surface area (TPSA) is 76.6 Å². The summed E-state index contributed by atoms with van der Waals surface area (Å²) in [5, 5.41) is 11.6. The van der Waals surface area contributed by atoms with Gasteiger partial charge in [0.05, 0.1) is 5.54 Å². The van der Waals surface area contributed by atoms with Crippen LogP contribution in [0.4, 0.5) is 0 Å². The van der Waals surface area contributed by atoms with E-state index in [4.69, 9.17) is 0 Å². The average molecular weight is 410 g/mol. The summed E-state index contributed by atoms with van der Waals surface area (Å²) in [6.45, 7) is 1.40. The highest BCUT2D eigenvalue weighted by Crippen LogP contribution is 2.46. The third-order valence-electron chi connectivity index (χ3n) is 7.64. The molecule has 160 valence electrons. The average Bonchev–Trinajstić information content (AvgIpc) is 3.21. The Balaban J connectivity index is 1.17. The van der Waals surface area contributed by atoms with E-state index >= 15 is 0 Å². The van der Waals surface area contributed by atoms with Crippen LogP contribution in [-0.2, 0) is 16.0 Å². The Kier molecular flexibility index (Phi) is 5.05. The monoisotopic (exact) mass is 409 g/mol. The molecule has 1 aliphatic carbocycles. The van der Waals surface area contributed by atoms with Crippen LogP contribution in [0.25, 0.3) is 10.9 Å². The predicted octanol–water partition coefficient (Wildman–Crippen LogP) is 3.00. The Morgan fingerprint density at radius 3 is 2.63 bits per heavy atom. The van der Waals surface area contributed by atoms with Crippen LogP contribution in [0.15, 0.2) is 30.5 Å². The minimum absolute atomic E-state index is 0.0963. The van der Waals surface area contributed by atoms with Gasteiger partial charge in [0.25, 0.3) is 5.91 Å². The van der Waals surface area contributed by atoms with Crippen molar-refractivity contribution in [1.82, 2.24) is 14.8 Å². The first kappa shape index (κ1) is 19.6. The van der Waals surface area contributed by atoms with Crippen molar-refractivity contribution < 1.29 is 14.7 Å². The van der Waals surface area contributed by atoms with Crippen molar-refractivity contribution in [2.75, 3.05) is 13.1 Å². The third kappa shape index (κ3) is 3.13. The van der Waals surface area contributed by atoms with Gasteiger partial charge < -0.3 is 19.9 Å². The van der Waals surface area contributed by atoms with Crippen molar-refractivity contribution in [1.29, 1.82) is 0 Å². The molecular weight excluding hydrogens is 378 g/mol. The lowest BCUT2D eigenvalue weighted by molar-refractivity contribution is -0.201. The zero-order valence-electron chi connectivity index (χ0n) is 17.5. The van der Waals surface area contributed by atoms with Crippen molar-refractivity contribution >= 4 is 22.7 Å². The summed E-state index contributed by atoms with van der Waals surface area (Å²) in [6.07, 6.45) is 9.30. The molecule has 3 fully saturated rings. The van der Waals surface area contributed by atoms with Crippen LogP contribution in [0.2, 0.25) is 0 Å². The van der Waals surface area contributed by atoms with Crippen LogP contribution in [0.1, 0.15) is 56.9 Å². The number of fused-ring (bicyclic) bond motifs is 1. The highest BCUT2D eigenvalue weighted by atomic mass is 16.3. The number of aryl methyl sites for hydroxylation is 1. The molecule has 6 nitrogen and oxygen atoms in total. The van der Waals surface area contributed by atoms with E-state index in [1.165, 1.54) is 17.4 Å². The molecule has 1 atom stereocenters. The van der Waals surface area contributed by atoms with Gasteiger partial charge in [-0.05, 0) is 43.7 Å². The van der Waals surface area contributed by atoms with Crippen molar-refractivity contribution in [3.8, 4) is 0 Å². The van der Waals surface area contributed by atoms with E-state index < -0.39 is 6.10 Å². The van der Waals surface area contributed by atoms with E-state index in [0.717, 1.165) is 50.5 Å². The molecule has 2 N–H and O–H groups in total. The number of hydrogen-bond acceptors (Lipinski definition) is 3. The Labute approximate surface area is 177 Å². The van der Waals surface area contributed by atoms with Gasteiger partial charge in [0.2, 0.25) is 5.91 Å². The van der Waals surface area contributed by atoms with Crippen molar-refractivity contribution in [2.24, 2.45) is 0 Å². The first-order chi connectivity index (χ1) is 14.6. The number of rotatable bonds is 4. The largest absolute Gasteiger partial charge is 0.381 e. The second-order valence-electron chi connectivity index (χ2n) is 9.25. The summed E-state index contributed by atoms with van der Waals surface area (Å²) in [6, 6.07) is 8.35. The molecule has 1 unspecified atom stereocenters. The fourth-order valence-corrected chi connectivity index (χ4v) is 5.98. The second-order valence-corrected chi connectivity index (χ2v) is 9.25. The summed E-state index contributed by atoms with van der Waals surface area (Å²) < 4.78 is 0. The molecule has 30 heavy (non-hydrogen) atoms. The first-order valence-electron chi connectivity index (χ1n) is 11.4. The van der Waals surface area contributed by atoms with Gasteiger partial charge >= 0.3 is 0 Å². The van der Waals surface area contributed by atoms with Crippen LogP contribution in [0, 0.1) is 0 Å². The third-order valence-corrected chi connectivity index (χ3v) is 7.64. The van der Waals surface area contributed by atoms with E-state index in [0.29, 0.717) is 19.5 Å². The predicted molar refractivity (Wildman–Crippen MR) is 115 cm³/mol. The minimum Gasteiger partial charge on any atom is -0.381 e. The van der Waals surface area contributed by atoms with Gasteiger partial charge in [0.15, 0.2) is 6.10 Å². The molecule has 6 heteroatoms. The molecule has 2 aliphatic heterocycles. The summed E-state index contributed by atoms with van der Waals surface area (Å²) in [4.78, 5) is 32.5. The molecule has 1 spiro atoms. The Morgan fingerprint density at radius 2 is 1.87 bits per heavy atom. The number of likely N-dealkylation sites (tertiary alicyclic amines) is 2. The SMILES string of the molecule is O=C(CCc1c[nH]c2ccccc12)N1CCC(N2C(=O)C(O)C23CCCCC3)CC1. The molecule has 1 saturated carbocycles. The highest BCUT2D eigenvalue weighted by Gasteiger charge is 2.61.